The number of pyridine rings is 1. The summed E-state index contributed by atoms with van der Waals surface area (Å²) < 4.78 is 36.7. The van der Waals surface area contributed by atoms with Crippen LogP contribution in [-0.4, -0.2) is 4.98 Å². The van der Waals surface area contributed by atoms with Crippen molar-refractivity contribution in [1.29, 1.82) is 0 Å². The number of rotatable bonds is 1. The summed E-state index contributed by atoms with van der Waals surface area (Å²) in [7, 11) is 0. The van der Waals surface area contributed by atoms with Gasteiger partial charge in [0.05, 0.1) is 5.56 Å². The molecule has 72 valence electrons. The minimum Gasteiger partial charge on any atom is -0.328 e. The summed E-state index contributed by atoms with van der Waals surface area (Å²) in [4.78, 5) is 12.7. The van der Waals surface area contributed by atoms with Gasteiger partial charge in [0.25, 0.3) is 0 Å². The zero-order chi connectivity index (χ0) is 10.1. The number of nitrogens with one attached hydrogen (secondary N) is 1. The number of hydrogen-bond acceptors (Lipinski definition) is 1. The molecule has 0 saturated carbocycles. The van der Waals surface area contributed by atoms with E-state index in [0.717, 1.165) is 6.07 Å². The number of H-pyrrole nitrogens is 1. The molecule has 13 heavy (non-hydrogen) atoms. The Bertz CT molecular complexity index is 357. The number of alkyl halides is 4. The van der Waals surface area contributed by atoms with Crippen molar-refractivity contribution in [3.8, 4) is 0 Å². The van der Waals surface area contributed by atoms with Gasteiger partial charge in [-0.05, 0) is 5.56 Å². The number of hydrogen-bond donors (Lipinski definition) is 1. The van der Waals surface area contributed by atoms with Gasteiger partial charge in [0, 0.05) is 17.6 Å². The van der Waals surface area contributed by atoms with Crippen LogP contribution in [0.3, 0.4) is 0 Å². The molecule has 0 bridgehead atoms. The summed E-state index contributed by atoms with van der Waals surface area (Å²) in [6.45, 7) is 0. The number of aromatic nitrogens is 1. The Morgan fingerprint density at radius 1 is 1.46 bits per heavy atom. The summed E-state index contributed by atoms with van der Waals surface area (Å²) in [6, 6.07) is 0.928. The second kappa shape index (κ2) is 3.53. The molecule has 1 aromatic heterocycles. The molecule has 0 saturated heterocycles. The lowest BCUT2D eigenvalue weighted by Gasteiger charge is -2.09. The lowest BCUT2D eigenvalue weighted by molar-refractivity contribution is -0.138. The maximum absolute atomic E-state index is 12.2. The third-order valence-corrected chi connectivity index (χ3v) is 2.06. The average Bonchev–Trinajstić information content (AvgIpc) is 2.01. The lowest BCUT2D eigenvalue weighted by Crippen LogP contribution is -2.14. The van der Waals surface area contributed by atoms with Crippen molar-refractivity contribution in [3.63, 3.8) is 0 Å². The molecule has 1 rings (SSSR count). The highest BCUT2D eigenvalue weighted by Gasteiger charge is 2.33. The predicted octanol–water partition coefficient (Wildman–Crippen LogP) is 2.29. The van der Waals surface area contributed by atoms with Crippen LogP contribution in [0, 0.1) is 0 Å². The van der Waals surface area contributed by atoms with E-state index in [1.807, 2.05) is 4.98 Å². The van der Waals surface area contributed by atoms with Crippen LogP contribution in [0.5, 0.6) is 0 Å². The van der Waals surface area contributed by atoms with Gasteiger partial charge in [0.15, 0.2) is 0 Å². The van der Waals surface area contributed by atoms with Crippen molar-refractivity contribution in [2.45, 2.75) is 11.5 Å². The predicted molar refractivity (Wildman–Crippen MR) is 44.7 cm³/mol. The van der Waals surface area contributed by atoms with Crippen LogP contribution < -0.4 is 5.56 Å². The van der Waals surface area contributed by atoms with Gasteiger partial charge < -0.3 is 4.98 Å². The van der Waals surface area contributed by atoms with Crippen LogP contribution in [0.4, 0.5) is 13.2 Å². The second-order valence-corrected chi connectivity index (χ2v) is 2.93. The third-order valence-electron chi connectivity index (χ3n) is 1.46. The summed E-state index contributed by atoms with van der Waals surface area (Å²) in [6.07, 6.45) is -3.74. The van der Waals surface area contributed by atoms with Crippen molar-refractivity contribution < 1.29 is 13.2 Å². The van der Waals surface area contributed by atoms with Crippen molar-refractivity contribution in [2.75, 3.05) is 0 Å². The molecule has 0 aliphatic carbocycles. The van der Waals surface area contributed by atoms with E-state index in [2.05, 4.69) is 15.9 Å². The molecule has 1 aromatic rings. The maximum Gasteiger partial charge on any atom is 0.418 e. The Morgan fingerprint density at radius 2 is 2.08 bits per heavy atom. The highest BCUT2D eigenvalue weighted by molar-refractivity contribution is 9.08. The fourth-order valence-electron chi connectivity index (χ4n) is 0.888. The van der Waals surface area contributed by atoms with Gasteiger partial charge in [-0.3, -0.25) is 4.79 Å². The van der Waals surface area contributed by atoms with Crippen molar-refractivity contribution in [2.24, 2.45) is 0 Å². The van der Waals surface area contributed by atoms with E-state index < -0.39 is 17.3 Å². The fourth-order valence-corrected chi connectivity index (χ4v) is 1.35. The lowest BCUT2D eigenvalue weighted by atomic mass is 10.1. The monoisotopic (exact) mass is 255 g/mol. The first-order valence-electron chi connectivity index (χ1n) is 3.30. The van der Waals surface area contributed by atoms with Gasteiger partial charge in [-0.2, -0.15) is 13.2 Å². The van der Waals surface area contributed by atoms with Gasteiger partial charge in [-0.15, -0.1) is 0 Å². The molecular formula is C7H5BrF3NO. The van der Waals surface area contributed by atoms with E-state index in [1.54, 1.807) is 0 Å². The van der Waals surface area contributed by atoms with Crippen LogP contribution >= 0.6 is 15.9 Å². The van der Waals surface area contributed by atoms with E-state index >= 15 is 0 Å². The summed E-state index contributed by atoms with van der Waals surface area (Å²) in [5.41, 5.74) is -1.41. The van der Waals surface area contributed by atoms with E-state index in [-0.39, 0.29) is 10.9 Å². The van der Waals surface area contributed by atoms with Gasteiger partial charge in [-0.1, -0.05) is 15.9 Å². The molecule has 0 aliphatic heterocycles. The first-order valence-corrected chi connectivity index (χ1v) is 4.42. The Morgan fingerprint density at radius 3 is 2.54 bits per heavy atom. The fraction of sp³-hybridized carbons (Fsp3) is 0.286. The second-order valence-electron chi connectivity index (χ2n) is 2.37. The standard InChI is InChI=1S/C7H5BrF3NO/c8-2-4-1-6(13)12-3-5(4)7(9,10)11/h1,3H,2H2,(H,12,13). The van der Waals surface area contributed by atoms with E-state index in [0.29, 0.717) is 6.20 Å². The topological polar surface area (TPSA) is 32.9 Å². The maximum atomic E-state index is 12.2. The molecule has 1 heterocycles. The Balaban J connectivity index is 3.30. The molecule has 0 unspecified atom stereocenters. The molecule has 6 heteroatoms. The largest absolute Gasteiger partial charge is 0.418 e. The molecule has 0 atom stereocenters. The molecular weight excluding hydrogens is 251 g/mol. The van der Waals surface area contributed by atoms with Crippen LogP contribution in [0.15, 0.2) is 17.1 Å². The molecule has 0 spiro atoms. The van der Waals surface area contributed by atoms with E-state index in [1.165, 1.54) is 0 Å². The minimum absolute atomic E-state index is 0.00572. The van der Waals surface area contributed by atoms with Crippen LogP contribution in [0.1, 0.15) is 11.1 Å². The third kappa shape index (κ3) is 2.33. The van der Waals surface area contributed by atoms with Gasteiger partial charge in [0.2, 0.25) is 5.56 Å². The Hall–Kier alpha value is -0.780. The summed E-state index contributed by atoms with van der Waals surface area (Å²) >= 11 is 2.88. The molecule has 0 aromatic carbocycles. The van der Waals surface area contributed by atoms with E-state index in [9.17, 15) is 18.0 Å². The van der Waals surface area contributed by atoms with Gasteiger partial charge >= 0.3 is 6.18 Å². The first-order chi connectivity index (χ1) is 5.95. The van der Waals surface area contributed by atoms with E-state index in [4.69, 9.17) is 0 Å². The zero-order valence-corrected chi connectivity index (χ0v) is 7.87. The van der Waals surface area contributed by atoms with Crippen LogP contribution in [0.25, 0.3) is 0 Å². The summed E-state index contributed by atoms with van der Waals surface area (Å²) in [5.74, 6) is 0. The molecule has 0 fully saturated rings. The van der Waals surface area contributed by atoms with Gasteiger partial charge in [-0.25, -0.2) is 0 Å². The zero-order valence-electron chi connectivity index (χ0n) is 6.28. The molecule has 0 aliphatic rings. The quantitative estimate of drug-likeness (QED) is 0.768. The van der Waals surface area contributed by atoms with Gasteiger partial charge in [0.1, 0.15) is 0 Å². The molecule has 0 radical (unpaired) electrons. The van der Waals surface area contributed by atoms with Crippen molar-refractivity contribution in [3.05, 3.63) is 33.7 Å². The molecule has 1 N–H and O–H groups in total. The van der Waals surface area contributed by atoms with Crippen LogP contribution in [0.2, 0.25) is 0 Å². The smallest absolute Gasteiger partial charge is 0.328 e. The summed E-state index contributed by atoms with van der Waals surface area (Å²) in [5, 5.41) is 0.00572. The first kappa shape index (κ1) is 10.3. The molecule has 2 nitrogen and oxygen atoms in total. The number of aromatic amines is 1. The minimum atomic E-state index is -4.42. The normalized spacial score (nSPS) is 11.7. The SMILES string of the molecule is O=c1cc(CBr)c(C(F)(F)F)c[nH]1. The Kier molecular flexibility index (Phi) is 2.80. The highest BCUT2D eigenvalue weighted by Crippen LogP contribution is 2.31. The average molecular weight is 256 g/mol. The van der Waals surface area contributed by atoms with Crippen molar-refractivity contribution in [1.82, 2.24) is 4.98 Å². The highest BCUT2D eigenvalue weighted by atomic mass is 79.9. The van der Waals surface area contributed by atoms with Crippen LogP contribution in [-0.2, 0) is 11.5 Å². The number of halogens is 4. The Labute approximate surface area is 79.9 Å². The van der Waals surface area contributed by atoms with Crippen molar-refractivity contribution >= 4 is 15.9 Å². The molecule has 0 amide bonds.